The molecule has 0 spiro atoms. The fraction of sp³-hybridized carbons (Fsp3) is 0.231. The summed E-state index contributed by atoms with van der Waals surface area (Å²) in [6.07, 6.45) is 1.23. The predicted molar refractivity (Wildman–Crippen MR) is 68.8 cm³/mol. The lowest BCUT2D eigenvalue weighted by Crippen LogP contribution is -2.03. The summed E-state index contributed by atoms with van der Waals surface area (Å²) in [5.41, 5.74) is 0.139. The van der Waals surface area contributed by atoms with Gasteiger partial charge in [-0.25, -0.2) is 0 Å². The van der Waals surface area contributed by atoms with Crippen molar-refractivity contribution in [2.75, 3.05) is 6.61 Å². The van der Waals surface area contributed by atoms with Gasteiger partial charge in [-0.2, -0.15) is 5.26 Å². The van der Waals surface area contributed by atoms with E-state index >= 15 is 0 Å². The SMILES string of the molecule is CC(=O)OC=C(C)COc1cccc([N+](=O)[O-])c1C#N. The molecule has 0 aliphatic heterocycles. The van der Waals surface area contributed by atoms with Crippen LogP contribution >= 0.6 is 0 Å². The van der Waals surface area contributed by atoms with Crippen molar-refractivity contribution < 1.29 is 19.2 Å². The van der Waals surface area contributed by atoms with Crippen LogP contribution in [0.3, 0.4) is 0 Å². The Morgan fingerprint density at radius 1 is 1.50 bits per heavy atom. The van der Waals surface area contributed by atoms with Gasteiger partial charge in [-0.3, -0.25) is 14.9 Å². The van der Waals surface area contributed by atoms with Crippen molar-refractivity contribution in [1.29, 1.82) is 5.26 Å². The molecule has 0 atom stereocenters. The summed E-state index contributed by atoms with van der Waals surface area (Å²) >= 11 is 0. The van der Waals surface area contributed by atoms with E-state index < -0.39 is 10.9 Å². The second-order valence-corrected chi connectivity index (χ2v) is 3.88. The third-order valence-corrected chi connectivity index (χ3v) is 2.19. The average molecular weight is 276 g/mol. The smallest absolute Gasteiger partial charge is 0.307 e. The molecule has 0 saturated carbocycles. The molecule has 0 fully saturated rings. The van der Waals surface area contributed by atoms with Crippen LogP contribution in [0.5, 0.6) is 5.75 Å². The van der Waals surface area contributed by atoms with Gasteiger partial charge in [-0.1, -0.05) is 6.07 Å². The molecule has 0 heterocycles. The zero-order valence-corrected chi connectivity index (χ0v) is 11.0. The summed E-state index contributed by atoms with van der Waals surface area (Å²) < 4.78 is 9.98. The van der Waals surface area contributed by atoms with Crippen LogP contribution in [-0.4, -0.2) is 17.5 Å². The fourth-order valence-electron chi connectivity index (χ4n) is 1.31. The summed E-state index contributed by atoms with van der Waals surface area (Å²) in [4.78, 5) is 20.7. The Hall–Kier alpha value is -2.88. The third-order valence-electron chi connectivity index (χ3n) is 2.19. The van der Waals surface area contributed by atoms with Crippen LogP contribution in [0.1, 0.15) is 19.4 Å². The molecule has 0 aliphatic carbocycles. The van der Waals surface area contributed by atoms with Crippen LogP contribution in [0.15, 0.2) is 30.0 Å². The van der Waals surface area contributed by atoms with E-state index in [4.69, 9.17) is 10.00 Å². The lowest BCUT2D eigenvalue weighted by molar-refractivity contribution is -0.385. The molecular weight excluding hydrogens is 264 g/mol. The van der Waals surface area contributed by atoms with Gasteiger partial charge in [0.1, 0.15) is 18.4 Å². The fourth-order valence-corrected chi connectivity index (χ4v) is 1.31. The molecular formula is C13H12N2O5. The molecule has 0 N–H and O–H groups in total. The monoisotopic (exact) mass is 276 g/mol. The Balaban J connectivity index is 2.86. The van der Waals surface area contributed by atoms with E-state index in [1.54, 1.807) is 13.0 Å². The molecule has 0 unspecified atom stereocenters. The molecule has 0 saturated heterocycles. The highest BCUT2D eigenvalue weighted by Crippen LogP contribution is 2.27. The largest absolute Gasteiger partial charge is 0.487 e. The summed E-state index contributed by atoms with van der Waals surface area (Å²) in [6, 6.07) is 5.87. The summed E-state index contributed by atoms with van der Waals surface area (Å²) in [6.45, 7) is 2.97. The molecule has 0 aromatic heterocycles. The minimum atomic E-state index is -0.646. The van der Waals surface area contributed by atoms with Gasteiger partial charge in [0.25, 0.3) is 5.69 Å². The summed E-state index contributed by atoms with van der Waals surface area (Å²) in [5, 5.41) is 19.7. The number of nitrogens with zero attached hydrogens (tertiary/aromatic N) is 2. The molecule has 20 heavy (non-hydrogen) atoms. The number of nitro groups is 1. The Labute approximate surface area is 115 Å². The van der Waals surface area contributed by atoms with Gasteiger partial charge in [0, 0.05) is 13.0 Å². The van der Waals surface area contributed by atoms with Gasteiger partial charge < -0.3 is 9.47 Å². The minimum absolute atomic E-state index is 0.0448. The first kappa shape index (κ1) is 15.2. The van der Waals surface area contributed by atoms with Gasteiger partial charge in [-0.15, -0.1) is 0 Å². The van der Waals surface area contributed by atoms with E-state index in [0.717, 1.165) is 0 Å². The van der Waals surface area contributed by atoms with Gasteiger partial charge in [0.2, 0.25) is 0 Å². The van der Waals surface area contributed by atoms with Crippen molar-refractivity contribution in [3.05, 3.63) is 45.7 Å². The molecule has 0 bridgehead atoms. The Morgan fingerprint density at radius 3 is 2.75 bits per heavy atom. The molecule has 104 valence electrons. The molecule has 1 aromatic carbocycles. The third kappa shape index (κ3) is 4.10. The van der Waals surface area contributed by atoms with Crippen LogP contribution in [0.25, 0.3) is 0 Å². The number of nitriles is 1. The number of nitro benzene ring substituents is 1. The molecule has 0 aliphatic rings. The molecule has 1 rings (SSSR count). The van der Waals surface area contributed by atoms with Gasteiger partial charge in [0.05, 0.1) is 11.2 Å². The van der Waals surface area contributed by atoms with Crippen molar-refractivity contribution in [1.82, 2.24) is 0 Å². The summed E-state index contributed by atoms with van der Waals surface area (Å²) in [7, 11) is 0. The van der Waals surface area contributed by atoms with Crippen LogP contribution < -0.4 is 4.74 Å². The van der Waals surface area contributed by atoms with Crippen molar-refractivity contribution in [3.8, 4) is 11.8 Å². The Bertz CT molecular complexity index is 601. The molecule has 0 amide bonds. The van der Waals surface area contributed by atoms with Crippen molar-refractivity contribution in [3.63, 3.8) is 0 Å². The number of hydrogen-bond acceptors (Lipinski definition) is 6. The maximum absolute atomic E-state index is 10.8. The predicted octanol–water partition coefficient (Wildman–Crippen LogP) is 2.31. The van der Waals surface area contributed by atoms with Crippen LogP contribution in [-0.2, 0) is 9.53 Å². The average Bonchev–Trinajstić information content (AvgIpc) is 2.42. The first-order valence-electron chi connectivity index (χ1n) is 5.59. The second kappa shape index (κ2) is 6.89. The van der Waals surface area contributed by atoms with Crippen LogP contribution in [0.2, 0.25) is 0 Å². The standard InChI is InChI=1S/C13H12N2O5/c1-9(7-19-10(2)16)8-20-13-5-3-4-12(15(17)18)11(13)6-14/h3-5,7H,8H2,1-2H3. The van der Waals surface area contributed by atoms with E-state index in [2.05, 4.69) is 4.74 Å². The number of rotatable bonds is 5. The van der Waals surface area contributed by atoms with E-state index in [-0.39, 0.29) is 23.6 Å². The topological polar surface area (TPSA) is 102 Å². The highest BCUT2D eigenvalue weighted by Gasteiger charge is 2.18. The van der Waals surface area contributed by atoms with Crippen molar-refractivity contribution in [2.24, 2.45) is 0 Å². The number of esters is 1. The number of hydrogen-bond donors (Lipinski definition) is 0. The van der Waals surface area contributed by atoms with Gasteiger partial charge in [-0.05, 0) is 18.6 Å². The second-order valence-electron chi connectivity index (χ2n) is 3.88. The van der Waals surface area contributed by atoms with Crippen molar-refractivity contribution in [2.45, 2.75) is 13.8 Å². The maximum Gasteiger partial charge on any atom is 0.307 e. The normalized spacial score (nSPS) is 10.6. The quantitative estimate of drug-likeness (QED) is 0.354. The van der Waals surface area contributed by atoms with Crippen LogP contribution in [0.4, 0.5) is 5.69 Å². The van der Waals surface area contributed by atoms with Gasteiger partial charge >= 0.3 is 5.97 Å². The zero-order valence-electron chi connectivity index (χ0n) is 11.0. The molecule has 0 radical (unpaired) electrons. The number of benzene rings is 1. The molecule has 7 heteroatoms. The van der Waals surface area contributed by atoms with E-state index in [9.17, 15) is 14.9 Å². The van der Waals surface area contributed by atoms with E-state index in [1.165, 1.54) is 31.4 Å². The van der Waals surface area contributed by atoms with Gasteiger partial charge in [0.15, 0.2) is 5.56 Å². The Morgan fingerprint density at radius 2 is 2.20 bits per heavy atom. The number of carbonyl (C=O) groups is 1. The number of carbonyl (C=O) groups excluding carboxylic acids is 1. The maximum atomic E-state index is 10.8. The molecule has 1 aromatic rings. The lowest BCUT2D eigenvalue weighted by atomic mass is 10.2. The van der Waals surface area contributed by atoms with Crippen molar-refractivity contribution >= 4 is 11.7 Å². The number of ether oxygens (including phenoxy) is 2. The first-order chi connectivity index (χ1) is 9.45. The van der Waals surface area contributed by atoms with E-state index in [1.807, 2.05) is 0 Å². The Kier molecular flexibility index (Phi) is 5.23. The first-order valence-corrected chi connectivity index (χ1v) is 5.59. The lowest BCUT2D eigenvalue weighted by Gasteiger charge is -2.08. The zero-order chi connectivity index (χ0) is 15.1. The summed E-state index contributed by atoms with van der Waals surface area (Å²) in [5.74, 6) is -0.352. The highest BCUT2D eigenvalue weighted by molar-refractivity contribution is 5.66. The van der Waals surface area contributed by atoms with Crippen LogP contribution in [0, 0.1) is 21.4 Å². The highest BCUT2D eigenvalue weighted by atomic mass is 16.6. The minimum Gasteiger partial charge on any atom is -0.487 e. The van der Waals surface area contributed by atoms with E-state index in [0.29, 0.717) is 5.57 Å². The molecule has 7 nitrogen and oxygen atoms in total.